The van der Waals surface area contributed by atoms with E-state index in [9.17, 15) is 27.6 Å². The predicted molar refractivity (Wildman–Crippen MR) is 191 cm³/mol. The van der Waals surface area contributed by atoms with Gasteiger partial charge in [-0.2, -0.15) is 8.42 Å². The molecule has 3 fully saturated rings. The zero-order chi connectivity index (χ0) is 38.4. The summed E-state index contributed by atoms with van der Waals surface area (Å²) >= 11 is 6.57. The second-order valence-corrected chi connectivity index (χ2v) is 17.4. The van der Waals surface area contributed by atoms with Crippen molar-refractivity contribution >= 4 is 56.5 Å². The summed E-state index contributed by atoms with van der Waals surface area (Å²) in [4.78, 5) is 60.9. The van der Waals surface area contributed by atoms with Crippen molar-refractivity contribution in [3.8, 4) is 11.6 Å². The van der Waals surface area contributed by atoms with E-state index in [2.05, 4.69) is 15.6 Å². The normalized spacial score (nSPS) is 23.8. The number of hydrogen-bond acceptors (Lipinski definition) is 11. The van der Waals surface area contributed by atoms with Crippen LogP contribution in [-0.4, -0.2) is 91.2 Å². The zero-order valence-electron chi connectivity index (χ0n) is 30.7. The Morgan fingerprint density at radius 1 is 1.06 bits per heavy atom. The second-order valence-electron chi connectivity index (χ2n) is 15.7. The van der Waals surface area contributed by atoms with Crippen molar-refractivity contribution in [2.45, 2.75) is 116 Å². The minimum absolute atomic E-state index is 0.0135. The van der Waals surface area contributed by atoms with Crippen LogP contribution in [0.2, 0.25) is 5.02 Å². The van der Waals surface area contributed by atoms with Gasteiger partial charge in [0, 0.05) is 23.4 Å². The summed E-state index contributed by atoms with van der Waals surface area (Å²) in [6, 6.07) is 2.82. The topological polar surface area (TPSA) is 192 Å². The van der Waals surface area contributed by atoms with Gasteiger partial charge in [-0.05, 0) is 69.6 Å². The average Bonchev–Trinajstić information content (AvgIpc) is 3.94. The fraction of sp³-hybridized carbons (Fsp3) is 0.629. The smallest absolute Gasteiger partial charge is 0.408 e. The number of benzene rings is 1. The highest BCUT2D eigenvalue weighted by Crippen LogP contribution is 2.47. The van der Waals surface area contributed by atoms with Crippen LogP contribution in [0.15, 0.2) is 24.4 Å². The first-order chi connectivity index (χ1) is 24.2. The molecule has 5 rings (SSSR count). The summed E-state index contributed by atoms with van der Waals surface area (Å²) in [6.07, 6.45) is 1.25. The number of amides is 4. The first-order valence-electron chi connectivity index (χ1n) is 17.3. The Morgan fingerprint density at radius 3 is 2.33 bits per heavy atom. The molecular formula is C35H48ClN5O10S. The van der Waals surface area contributed by atoms with Gasteiger partial charge in [0.25, 0.3) is 5.91 Å². The number of rotatable bonds is 12. The van der Waals surface area contributed by atoms with Crippen LogP contribution in [0.25, 0.3) is 10.8 Å². The molecule has 1 aromatic carbocycles. The summed E-state index contributed by atoms with van der Waals surface area (Å²) in [5.41, 5.74) is -3.21. The monoisotopic (exact) mass is 765 g/mol. The fourth-order valence-electron chi connectivity index (χ4n) is 6.38. The van der Waals surface area contributed by atoms with Gasteiger partial charge in [-0.25, -0.2) is 14.5 Å². The van der Waals surface area contributed by atoms with E-state index < -0.39 is 75.0 Å². The van der Waals surface area contributed by atoms with E-state index in [1.54, 1.807) is 59.7 Å². The first kappa shape index (κ1) is 39.3. The Balaban J connectivity index is 1.45. The first-order valence-corrected chi connectivity index (χ1v) is 19.1. The third-order valence-electron chi connectivity index (χ3n) is 9.28. The van der Waals surface area contributed by atoms with Crippen molar-refractivity contribution in [3.63, 3.8) is 0 Å². The molecule has 3 N–H and O–H groups in total. The molecule has 3 aliphatic rings. The minimum Gasteiger partial charge on any atom is -0.495 e. The number of nitrogens with zero attached hydrogens (tertiary/aromatic N) is 2. The van der Waals surface area contributed by atoms with Gasteiger partial charge in [-0.15, -0.1) is 0 Å². The molecule has 4 amide bonds. The summed E-state index contributed by atoms with van der Waals surface area (Å²) in [5.74, 6) is -1.86. The maximum absolute atomic E-state index is 14.5. The molecular weight excluding hydrogens is 718 g/mol. The van der Waals surface area contributed by atoms with Crippen LogP contribution >= 0.6 is 11.6 Å². The number of alkyl carbamates (subject to hydrolysis) is 1. The molecule has 2 aliphatic carbocycles. The molecule has 0 spiro atoms. The maximum Gasteiger partial charge on any atom is 0.408 e. The highest BCUT2D eigenvalue weighted by Gasteiger charge is 2.62. The standard InChI is InChI=1S/C35H48ClN5O10S/c1-9-19-17-35(19,31(44)40-52(46,47)51-20-10-11-20)39-28(42)24-16-21(49-29-23-12-13-25(48-8)26(36)22(23)14-15-37-29)18-41(24)30(43)27(33(2,3)4)38-32(45)50-34(5,6)7/h12-15,19-21,24,27H,9-11,16-18H2,1-8H3,(H,38,45)(H,39,42)(H,40,44)/t19-,21-,24+,27-,35-/m1/s1. The zero-order valence-corrected chi connectivity index (χ0v) is 32.3. The molecule has 15 nitrogen and oxygen atoms in total. The van der Waals surface area contributed by atoms with Gasteiger partial charge in [0.05, 0.1) is 24.8 Å². The van der Waals surface area contributed by atoms with Crippen LogP contribution < -0.4 is 24.8 Å². The molecule has 0 bridgehead atoms. The van der Waals surface area contributed by atoms with Gasteiger partial charge >= 0.3 is 16.4 Å². The molecule has 1 aromatic heterocycles. The lowest BCUT2D eigenvalue weighted by Crippen LogP contribution is -2.60. The summed E-state index contributed by atoms with van der Waals surface area (Å²) in [6.45, 7) is 12.1. The Labute approximate surface area is 309 Å². The van der Waals surface area contributed by atoms with Crippen LogP contribution in [0.3, 0.4) is 0 Å². The Morgan fingerprint density at radius 2 is 1.75 bits per heavy atom. The highest BCUT2D eigenvalue weighted by atomic mass is 35.5. The summed E-state index contributed by atoms with van der Waals surface area (Å²) in [5, 5.41) is 7.03. The van der Waals surface area contributed by atoms with Crippen molar-refractivity contribution in [2.24, 2.45) is 11.3 Å². The molecule has 17 heteroatoms. The third kappa shape index (κ3) is 8.83. The summed E-state index contributed by atoms with van der Waals surface area (Å²) in [7, 11) is -2.90. The van der Waals surface area contributed by atoms with Gasteiger partial charge in [-0.3, -0.25) is 18.6 Å². The number of carbonyl (C=O) groups is 4. The van der Waals surface area contributed by atoms with Crippen molar-refractivity contribution in [1.29, 1.82) is 0 Å². The Bertz CT molecular complexity index is 1840. The number of methoxy groups -OCH3 is 1. The lowest BCUT2D eigenvalue weighted by Gasteiger charge is -2.36. The second kappa shape index (κ2) is 14.5. The van der Waals surface area contributed by atoms with Crippen LogP contribution in [0.1, 0.15) is 80.6 Å². The number of halogens is 1. The predicted octanol–water partition coefficient (Wildman–Crippen LogP) is 4.01. The van der Waals surface area contributed by atoms with Gasteiger partial charge < -0.3 is 29.7 Å². The molecule has 1 saturated heterocycles. The van der Waals surface area contributed by atoms with E-state index in [1.807, 2.05) is 11.6 Å². The van der Waals surface area contributed by atoms with E-state index in [1.165, 1.54) is 18.2 Å². The minimum atomic E-state index is -4.40. The quantitative estimate of drug-likeness (QED) is 0.283. The maximum atomic E-state index is 14.5. The molecule has 286 valence electrons. The lowest BCUT2D eigenvalue weighted by atomic mass is 9.85. The van der Waals surface area contributed by atoms with Crippen molar-refractivity contribution in [2.75, 3.05) is 13.7 Å². The van der Waals surface area contributed by atoms with Gasteiger partial charge in [-0.1, -0.05) is 45.7 Å². The van der Waals surface area contributed by atoms with Crippen molar-refractivity contribution in [1.82, 2.24) is 25.2 Å². The largest absolute Gasteiger partial charge is 0.495 e. The Hall–Kier alpha value is -3.89. The van der Waals surface area contributed by atoms with Crippen LogP contribution in [-0.2, 0) is 33.6 Å². The van der Waals surface area contributed by atoms with E-state index in [0.717, 1.165) is 0 Å². The van der Waals surface area contributed by atoms with E-state index in [0.29, 0.717) is 40.8 Å². The summed E-state index contributed by atoms with van der Waals surface area (Å²) < 4.78 is 49.2. The van der Waals surface area contributed by atoms with Crippen LogP contribution in [0.5, 0.6) is 11.6 Å². The lowest BCUT2D eigenvalue weighted by molar-refractivity contribution is -0.143. The SMILES string of the molecule is CC[C@@H]1C[C@]1(NC(=O)[C@@H]1C[C@@H](Oc2nccc3c(Cl)c(OC)ccc23)CN1C(=O)[C@@H](NC(=O)OC(C)(C)C)C(C)(C)C)C(=O)NS(=O)(=O)OC1CC1. The van der Waals surface area contributed by atoms with Crippen molar-refractivity contribution in [3.05, 3.63) is 29.4 Å². The molecule has 2 aromatic rings. The van der Waals surface area contributed by atoms with Gasteiger partial charge in [0.2, 0.25) is 17.7 Å². The number of hydrogen-bond donors (Lipinski definition) is 3. The third-order valence-corrected chi connectivity index (χ3v) is 10.6. The number of likely N-dealkylation sites (tertiary alicyclic amines) is 1. The molecule has 0 unspecified atom stereocenters. The van der Waals surface area contributed by atoms with Gasteiger partial charge in [0.1, 0.15) is 35.1 Å². The fourth-order valence-corrected chi connectivity index (χ4v) is 7.69. The molecule has 2 saturated carbocycles. The molecule has 1 aliphatic heterocycles. The average molecular weight is 766 g/mol. The highest BCUT2D eigenvalue weighted by molar-refractivity contribution is 7.85. The molecule has 0 radical (unpaired) electrons. The van der Waals surface area contributed by atoms with Crippen LogP contribution in [0.4, 0.5) is 4.79 Å². The molecule has 2 heterocycles. The molecule has 5 atom stereocenters. The van der Waals surface area contributed by atoms with E-state index in [-0.39, 0.29) is 31.2 Å². The van der Waals surface area contributed by atoms with Crippen molar-refractivity contribution < 1.29 is 46.0 Å². The number of carbonyl (C=O) groups excluding carboxylic acids is 4. The van der Waals surface area contributed by atoms with Crippen LogP contribution in [0, 0.1) is 11.3 Å². The van der Waals surface area contributed by atoms with E-state index in [4.69, 9.17) is 30.0 Å². The number of pyridine rings is 1. The Kier molecular flexibility index (Phi) is 11.0. The molecule has 52 heavy (non-hydrogen) atoms. The number of fused-ring (bicyclic) bond motifs is 1. The van der Waals surface area contributed by atoms with Gasteiger partial charge in [0.15, 0.2) is 0 Å². The van der Waals surface area contributed by atoms with E-state index >= 15 is 0 Å². The number of aromatic nitrogens is 1. The number of ether oxygens (including phenoxy) is 3. The number of nitrogens with one attached hydrogen (secondary N) is 3.